The number of likely N-dealkylation sites (N-methyl/N-ethyl adjacent to an activating group) is 1. The zero-order valence-corrected chi connectivity index (χ0v) is 8.54. The molecule has 0 aliphatic heterocycles. The molecule has 0 spiro atoms. The van der Waals surface area contributed by atoms with Gasteiger partial charge in [0.15, 0.2) is 4.67 Å². The minimum absolute atomic E-state index is 0.186. The minimum atomic E-state index is 0.186. The fourth-order valence-corrected chi connectivity index (χ4v) is 1.34. The van der Waals surface area contributed by atoms with E-state index in [2.05, 4.69) is 15.9 Å². The molecule has 4 heteroatoms. The molecule has 1 heterocycles. The normalized spacial score (nSPS) is 11.0. The lowest BCUT2D eigenvalue weighted by Crippen LogP contribution is -2.21. The molecule has 1 aromatic heterocycles. The zero-order valence-electron chi connectivity index (χ0n) is 6.96. The first-order valence-electron chi connectivity index (χ1n) is 3.75. The van der Waals surface area contributed by atoms with Gasteiger partial charge in [-0.3, -0.25) is 4.90 Å². The standard InChI is InChI=1S/C8H12BrNO2/c1-10(3-4-11)6-7-2-5-12-8(7)9/h2,5,11H,3-4,6H2,1H3. The van der Waals surface area contributed by atoms with Gasteiger partial charge in [0, 0.05) is 18.7 Å². The summed E-state index contributed by atoms with van der Waals surface area (Å²) in [6.45, 7) is 1.65. The van der Waals surface area contributed by atoms with Crippen LogP contribution in [0.3, 0.4) is 0 Å². The van der Waals surface area contributed by atoms with Crippen LogP contribution in [0.1, 0.15) is 5.56 Å². The van der Waals surface area contributed by atoms with E-state index in [0.29, 0.717) is 6.54 Å². The second kappa shape index (κ2) is 4.64. The lowest BCUT2D eigenvalue weighted by atomic mass is 10.3. The molecule has 0 radical (unpaired) electrons. The van der Waals surface area contributed by atoms with Gasteiger partial charge in [-0.15, -0.1) is 0 Å². The van der Waals surface area contributed by atoms with E-state index in [0.717, 1.165) is 16.8 Å². The molecule has 0 amide bonds. The predicted molar refractivity (Wildman–Crippen MR) is 49.8 cm³/mol. The molecule has 0 bridgehead atoms. The Morgan fingerprint density at radius 2 is 2.42 bits per heavy atom. The molecule has 0 aliphatic rings. The topological polar surface area (TPSA) is 36.6 Å². The van der Waals surface area contributed by atoms with E-state index in [1.807, 2.05) is 18.0 Å². The fraction of sp³-hybridized carbons (Fsp3) is 0.500. The molecule has 0 saturated heterocycles. The summed E-state index contributed by atoms with van der Waals surface area (Å²) in [5.74, 6) is 0. The van der Waals surface area contributed by atoms with E-state index >= 15 is 0 Å². The van der Waals surface area contributed by atoms with Gasteiger partial charge in [0.25, 0.3) is 0 Å². The van der Waals surface area contributed by atoms with Gasteiger partial charge in [-0.25, -0.2) is 0 Å². The average molecular weight is 234 g/mol. The highest BCUT2D eigenvalue weighted by atomic mass is 79.9. The van der Waals surface area contributed by atoms with E-state index in [1.165, 1.54) is 0 Å². The predicted octanol–water partition coefficient (Wildman–Crippen LogP) is 1.47. The molecule has 1 rings (SSSR count). The van der Waals surface area contributed by atoms with Crippen LogP contribution in [0, 0.1) is 0 Å². The Hall–Kier alpha value is -0.320. The van der Waals surface area contributed by atoms with Crippen molar-refractivity contribution in [1.29, 1.82) is 0 Å². The molecule has 0 aromatic carbocycles. The van der Waals surface area contributed by atoms with Crippen LogP contribution in [0.4, 0.5) is 0 Å². The largest absolute Gasteiger partial charge is 0.457 e. The van der Waals surface area contributed by atoms with E-state index in [9.17, 15) is 0 Å². The maximum Gasteiger partial charge on any atom is 0.173 e. The third kappa shape index (κ3) is 2.62. The second-order valence-electron chi connectivity index (χ2n) is 2.68. The molecule has 12 heavy (non-hydrogen) atoms. The molecule has 68 valence electrons. The van der Waals surface area contributed by atoms with Crippen molar-refractivity contribution in [3.05, 3.63) is 22.6 Å². The highest BCUT2D eigenvalue weighted by Gasteiger charge is 2.05. The highest BCUT2D eigenvalue weighted by molar-refractivity contribution is 9.10. The van der Waals surface area contributed by atoms with E-state index in [1.54, 1.807) is 6.26 Å². The second-order valence-corrected chi connectivity index (χ2v) is 3.40. The van der Waals surface area contributed by atoms with Crippen molar-refractivity contribution in [2.24, 2.45) is 0 Å². The van der Waals surface area contributed by atoms with Crippen LogP contribution in [0.25, 0.3) is 0 Å². The molecule has 0 aliphatic carbocycles. The molecule has 1 aromatic rings. The lowest BCUT2D eigenvalue weighted by molar-refractivity contribution is 0.216. The number of halogens is 1. The first-order valence-corrected chi connectivity index (χ1v) is 4.54. The van der Waals surface area contributed by atoms with Crippen molar-refractivity contribution in [1.82, 2.24) is 4.90 Å². The molecular formula is C8H12BrNO2. The summed E-state index contributed by atoms with van der Waals surface area (Å²) in [6, 6.07) is 1.91. The van der Waals surface area contributed by atoms with Crippen molar-refractivity contribution in [2.75, 3.05) is 20.2 Å². The Morgan fingerprint density at radius 3 is 2.92 bits per heavy atom. The molecule has 0 atom stereocenters. The quantitative estimate of drug-likeness (QED) is 0.856. The van der Waals surface area contributed by atoms with Crippen LogP contribution in [-0.4, -0.2) is 30.2 Å². The van der Waals surface area contributed by atoms with Gasteiger partial charge in [-0.2, -0.15) is 0 Å². The number of furan rings is 1. The fourth-order valence-electron chi connectivity index (χ4n) is 0.973. The minimum Gasteiger partial charge on any atom is -0.457 e. The van der Waals surface area contributed by atoms with Crippen molar-refractivity contribution in [3.63, 3.8) is 0 Å². The molecule has 0 fully saturated rings. The summed E-state index contributed by atoms with van der Waals surface area (Å²) in [7, 11) is 1.95. The Balaban J connectivity index is 2.46. The Labute approximate surface area is 80.1 Å². The third-order valence-corrected chi connectivity index (χ3v) is 2.31. The first kappa shape index (κ1) is 9.77. The van der Waals surface area contributed by atoms with Gasteiger partial charge in [-0.1, -0.05) is 0 Å². The zero-order chi connectivity index (χ0) is 8.97. The van der Waals surface area contributed by atoms with E-state index in [4.69, 9.17) is 9.52 Å². The summed E-state index contributed by atoms with van der Waals surface area (Å²) in [5, 5.41) is 8.66. The Morgan fingerprint density at radius 1 is 1.67 bits per heavy atom. The number of hydrogen-bond donors (Lipinski definition) is 1. The summed E-state index contributed by atoms with van der Waals surface area (Å²) < 4.78 is 5.84. The summed E-state index contributed by atoms with van der Waals surface area (Å²) >= 11 is 3.29. The smallest absolute Gasteiger partial charge is 0.173 e. The highest BCUT2D eigenvalue weighted by Crippen LogP contribution is 2.18. The Kier molecular flexibility index (Phi) is 3.78. The number of rotatable bonds is 4. The van der Waals surface area contributed by atoms with Crippen LogP contribution in [0.5, 0.6) is 0 Å². The van der Waals surface area contributed by atoms with Gasteiger partial charge in [0.2, 0.25) is 0 Å². The van der Waals surface area contributed by atoms with Crippen molar-refractivity contribution in [3.8, 4) is 0 Å². The van der Waals surface area contributed by atoms with E-state index < -0.39 is 0 Å². The van der Waals surface area contributed by atoms with Gasteiger partial charge in [0.05, 0.1) is 12.9 Å². The van der Waals surface area contributed by atoms with Crippen molar-refractivity contribution < 1.29 is 9.52 Å². The number of aliphatic hydroxyl groups excluding tert-OH is 1. The maximum atomic E-state index is 8.66. The number of nitrogens with zero attached hydrogens (tertiary/aromatic N) is 1. The van der Waals surface area contributed by atoms with Crippen LogP contribution in [0.2, 0.25) is 0 Å². The molecule has 0 unspecified atom stereocenters. The van der Waals surface area contributed by atoms with Crippen LogP contribution < -0.4 is 0 Å². The summed E-state index contributed by atoms with van der Waals surface area (Å²) in [5.41, 5.74) is 1.10. The van der Waals surface area contributed by atoms with Crippen LogP contribution in [0.15, 0.2) is 21.4 Å². The molecule has 3 nitrogen and oxygen atoms in total. The van der Waals surface area contributed by atoms with Crippen LogP contribution in [-0.2, 0) is 6.54 Å². The molecular weight excluding hydrogens is 222 g/mol. The SMILES string of the molecule is CN(CCO)Cc1ccoc1Br. The van der Waals surface area contributed by atoms with Gasteiger partial charge < -0.3 is 9.52 Å². The average Bonchev–Trinajstić information content (AvgIpc) is 2.37. The first-order chi connectivity index (χ1) is 5.74. The van der Waals surface area contributed by atoms with E-state index in [-0.39, 0.29) is 6.61 Å². The van der Waals surface area contributed by atoms with Gasteiger partial charge >= 0.3 is 0 Å². The number of aliphatic hydroxyl groups is 1. The monoisotopic (exact) mass is 233 g/mol. The lowest BCUT2D eigenvalue weighted by Gasteiger charge is -2.13. The molecule has 1 N–H and O–H groups in total. The summed E-state index contributed by atoms with van der Waals surface area (Å²) in [6.07, 6.45) is 1.65. The van der Waals surface area contributed by atoms with Gasteiger partial charge in [0.1, 0.15) is 0 Å². The maximum absolute atomic E-state index is 8.66. The van der Waals surface area contributed by atoms with Crippen molar-refractivity contribution >= 4 is 15.9 Å². The van der Waals surface area contributed by atoms with Crippen molar-refractivity contribution in [2.45, 2.75) is 6.54 Å². The van der Waals surface area contributed by atoms with Gasteiger partial charge in [-0.05, 0) is 29.0 Å². The Bertz CT molecular complexity index is 237. The summed E-state index contributed by atoms with van der Waals surface area (Å²) in [4.78, 5) is 2.02. The molecule has 0 saturated carbocycles. The van der Waals surface area contributed by atoms with Crippen LogP contribution >= 0.6 is 15.9 Å². The number of hydrogen-bond acceptors (Lipinski definition) is 3. The third-order valence-electron chi connectivity index (χ3n) is 1.62.